The average Bonchev–Trinajstić information content (AvgIpc) is 2.71. The van der Waals surface area contributed by atoms with Gasteiger partial charge in [0.1, 0.15) is 0 Å². The molecule has 0 aliphatic heterocycles. The molecule has 0 saturated carbocycles. The molecular formula is C22H27NO4. The molecule has 0 fully saturated rings. The largest absolute Gasteiger partial charge is 0.493 e. The molecule has 0 spiro atoms. The lowest BCUT2D eigenvalue weighted by Gasteiger charge is -2.25. The van der Waals surface area contributed by atoms with Crippen molar-refractivity contribution >= 4 is 5.91 Å². The van der Waals surface area contributed by atoms with Crippen LogP contribution < -0.4 is 19.5 Å². The maximum atomic E-state index is 12.6. The van der Waals surface area contributed by atoms with Gasteiger partial charge in [-0.05, 0) is 36.5 Å². The van der Waals surface area contributed by atoms with E-state index in [1.54, 1.807) is 27.4 Å². The second kappa shape index (κ2) is 8.80. The van der Waals surface area contributed by atoms with Crippen LogP contribution in [-0.2, 0) is 17.6 Å². The number of nitrogens with one attached hydrogen (secondary N) is 1. The Bertz CT molecular complexity index is 803. The molecule has 0 heterocycles. The topological polar surface area (TPSA) is 56.8 Å². The summed E-state index contributed by atoms with van der Waals surface area (Å²) >= 11 is 0. The zero-order chi connectivity index (χ0) is 19.2. The summed E-state index contributed by atoms with van der Waals surface area (Å²) in [5.74, 6) is 1.98. The molecule has 1 amide bonds. The minimum atomic E-state index is -0.0245. The van der Waals surface area contributed by atoms with E-state index in [0.717, 1.165) is 18.4 Å². The third-order valence-electron chi connectivity index (χ3n) is 5.18. The number of carbonyl (C=O) groups excluding carboxylic acids is 1. The Hall–Kier alpha value is -2.69. The van der Waals surface area contributed by atoms with Crippen LogP contribution >= 0.6 is 0 Å². The molecule has 0 bridgehead atoms. The fraction of sp³-hybridized carbons (Fsp3) is 0.409. The Morgan fingerprint density at radius 3 is 2.56 bits per heavy atom. The molecule has 5 nitrogen and oxygen atoms in total. The van der Waals surface area contributed by atoms with Gasteiger partial charge in [0.2, 0.25) is 11.7 Å². The van der Waals surface area contributed by atoms with Crippen molar-refractivity contribution in [1.82, 2.24) is 5.32 Å². The fourth-order valence-corrected chi connectivity index (χ4v) is 3.84. The van der Waals surface area contributed by atoms with Gasteiger partial charge in [-0.3, -0.25) is 4.79 Å². The van der Waals surface area contributed by atoms with Crippen LogP contribution in [0.1, 0.15) is 35.4 Å². The van der Waals surface area contributed by atoms with E-state index in [4.69, 9.17) is 14.2 Å². The molecule has 1 aliphatic rings. The number of hydrogen-bond donors (Lipinski definition) is 1. The molecule has 144 valence electrons. The highest BCUT2D eigenvalue weighted by Gasteiger charge is 2.21. The lowest BCUT2D eigenvalue weighted by atomic mass is 9.83. The van der Waals surface area contributed by atoms with Crippen molar-refractivity contribution < 1.29 is 19.0 Å². The van der Waals surface area contributed by atoms with Crippen LogP contribution in [0, 0.1) is 0 Å². The van der Waals surface area contributed by atoms with E-state index >= 15 is 0 Å². The van der Waals surface area contributed by atoms with Crippen LogP contribution in [0.4, 0.5) is 0 Å². The molecule has 0 saturated heterocycles. The first-order chi connectivity index (χ1) is 13.2. The normalized spacial score (nSPS) is 15.6. The van der Waals surface area contributed by atoms with Crippen LogP contribution in [0.25, 0.3) is 0 Å². The van der Waals surface area contributed by atoms with Gasteiger partial charge in [0, 0.05) is 18.0 Å². The van der Waals surface area contributed by atoms with Crippen LogP contribution in [0.5, 0.6) is 17.2 Å². The standard InChI is InChI=1S/C22H27NO4/c1-25-19-12-11-16(21(26-2)22(19)27-3)13-20(24)23-14-17-9-6-8-15-7-4-5-10-18(15)17/h4-5,7,10-12,17H,6,8-9,13-14H2,1-3H3,(H,23,24)/t17-/m1/s1. The van der Waals surface area contributed by atoms with Crippen molar-refractivity contribution in [3.8, 4) is 17.2 Å². The number of rotatable bonds is 7. The first kappa shape index (κ1) is 19.1. The van der Waals surface area contributed by atoms with Crippen molar-refractivity contribution in [3.63, 3.8) is 0 Å². The highest BCUT2D eigenvalue weighted by molar-refractivity contribution is 5.80. The van der Waals surface area contributed by atoms with Crippen LogP contribution in [-0.4, -0.2) is 33.8 Å². The number of carbonyl (C=O) groups is 1. The lowest BCUT2D eigenvalue weighted by Crippen LogP contribution is -2.31. The van der Waals surface area contributed by atoms with Crippen molar-refractivity contribution in [2.24, 2.45) is 0 Å². The first-order valence-corrected chi connectivity index (χ1v) is 9.30. The van der Waals surface area contributed by atoms with Crippen LogP contribution in [0.15, 0.2) is 36.4 Å². The molecule has 2 aromatic rings. The number of amides is 1. The van der Waals surface area contributed by atoms with Gasteiger partial charge < -0.3 is 19.5 Å². The maximum Gasteiger partial charge on any atom is 0.224 e. The van der Waals surface area contributed by atoms with E-state index in [1.165, 1.54) is 17.5 Å². The Balaban J connectivity index is 1.67. The first-order valence-electron chi connectivity index (χ1n) is 9.30. The third-order valence-corrected chi connectivity index (χ3v) is 5.18. The van der Waals surface area contributed by atoms with Crippen molar-refractivity contribution in [3.05, 3.63) is 53.1 Å². The van der Waals surface area contributed by atoms with E-state index in [9.17, 15) is 4.79 Å². The Labute approximate surface area is 160 Å². The molecule has 5 heteroatoms. The summed E-state index contributed by atoms with van der Waals surface area (Å²) in [5, 5.41) is 3.09. The van der Waals surface area contributed by atoms with Gasteiger partial charge in [0.05, 0.1) is 27.8 Å². The van der Waals surface area contributed by atoms with Gasteiger partial charge in [-0.15, -0.1) is 0 Å². The van der Waals surface area contributed by atoms with Gasteiger partial charge in [-0.1, -0.05) is 30.3 Å². The van der Waals surface area contributed by atoms with Gasteiger partial charge in [-0.25, -0.2) is 0 Å². The Kier molecular flexibility index (Phi) is 6.22. The summed E-state index contributed by atoms with van der Waals surface area (Å²) in [6.07, 6.45) is 3.64. The van der Waals surface area contributed by atoms with Gasteiger partial charge in [0.25, 0.3) is 0 Å². The fourth-order valence-electron chi connectivity index (χ4n) is 3.84. The second-order valence-electron chi connectivity index (χ2n) is 6.76. The van der Waals surface area contributed by atoms with Crippen molar-refractivity contribution in [2.75, 3.05) is 27.9 Å². The monoisotopic (exact) mass is 369 g/mol. The van der Waals surface area contributed by atoms with Gasteiger partial charge in [0.15, 0.2) is 11.5 Å². The zero-order valence-electron chi connectivity index (χ0n) is 16.2. The summed E-state index contributed by atoms with van der Waals surface area (Å²) in [5.41, 5.74) is 3.55. The number of hydrogen-bond acceptors (Lipinski definition) is 4. The van der Waals surface area contributed by atoms with E-state index in [-0.39, 0.29) is 12.3 Å². The molecule has 1 atom stereocenters. The number of methoxy groups -OCH3 is 3. The van der Waals surface area contributed by atoms with Crippen LogP contribution in [0.3, 0.4) is 0 Å². The second-order valence-corrected chi connectivity index (χ2v) is 6.76. The molecule has 0 aromatic heterocycles. The molecular weight excluding hydrogens is 342 g/mol. The quantitative estimate of drug-likeness (QED) is 0.812. The molecule has 27 heavy (non-hydrogen) atoms. The zero-order valence-corrected chi connectivity index (χ0v) is 16.2. The summed E-state index contributed by atoms with van der Waals surface area (Å²) in [7, 11) is 4.70. The van der Waals surface area contributed by atoms with E-state index in [1.807, 2.05) is 6.07 Å². The predicted molar refractivity (Wildman–Crippen MR) is 105 cm³/mol. The van der Waals surface area contributed by atoms with Gasteiger partial charge >= 0.3 is 0 Å². The molecule has 2 aromatic carbocycles. The van der Waals surface area contributed by atoms with E-state index in [0.29, 0.717) is 29.7 Å². The SMILES string of the molecule is COc1ccc(CC(=O)NC[C@H]2CCCc3ccccc32)c(OC)c1OC. The number of fused-ring (bicyclic) bond motifs is 1. The Morgan fingerprint density at radius 1 is 1.04 bits per heavy atom. The number of ether oxygens (including phenoxy) is 3. The van der Waals surface area contributed by atoms with Gasteiger partial charge in [-0.2, -0.15) is 0 Å². The van der Waals surface area contributed by atoms with E-state index in [2.05, 4.69) is 29.6 Å². The Morgan fingerprint density at radius 2 is 1.81 bits per heavy atom. The highest BCUT2D eigenvalue weighted by Crippen LogP contribution is 2.40. The summed E-state index contributed by atoms with van der Waals surface area (Å²) in [6, 6.07) is 12.2. The molecule has 0 radical (unpaired) electrons. The minimum absolute atomic E-state index is 0.0245. The maximum absolute atomic E-state index is 12.6. The number of benzene rings is 2. The third kappa shape index (κ3) is 4.18. The van der Waals surface area contributed by atoms with E-state index < -0.39 is 0 Å². The van der Waals surface area contributed by atoms with Crippen LogP contribution in [0.2, 0.25) is 0 Å². The van der Waals surface area contributed by atoms with Crippen molar-refractivity contribution in [2.45, 2.75) is 31.6 Å². The summed E-state index contributed by atoms with van der Waals surface area (Å²) in [6.45, 7) is 0.658. The predicted octanol–water partition coefficient (Wildman–Crippen LogP) is 3.49. The van der Waals surface area contributed by atoms with Crippen molar-refractivity contribution in [1.29, 1.82) is 0 Å². The number of aryl methyl sites for hydroxylation is 1. The lowest BCUT2D eigenvalue weighted by molar-refractivity contribution is -0.120. The molecule has 3 rings (SSSR count). The summed E-state index contributed by atoms with van der Waals surface area (Å²) in [4.78, 5) is 12.6. The minimum Gasteiger partial charge on any atom is -0.493 e. The summed E-state index contributed by atoms with van der Waals surface area (Å²) < 4.78 is 16.2. The average molecular weight is 369 g/mol. The molecule has 0 unspecified atom stereocenters. The molecule has 1 N–H and O–H groups in total. The molecule has 1 aliphatic carbocycles. The smallest absolute Gasteiger partial charge is 0.224 e. The highest BCUT2D eigenvalue weighted by atomic mass is 16.5.